The van der Waals surface area contributed by atoms with Gasteiger partial charge in [-0.05, 0) is 73.9 Å². The Balaban J connectivity index is 2.00. The Morgan fingerprint density at radius 1 is 1.04 bits per heavy atom. The molecule has 3 nitrogen and oxygen atoms in total. The number of thioether (sulfide) groups is 1. The van der Waals surface area contributed by atoms with Crippen LogP contribution in [0.3, 0.4) is 0 Å². The fourth-order valence-electron chi connectivity index (χ4n) is 3.04. The SMILES string of the molecule is CSCCn1c(=NC(=O)Cc2ccc(C)c(C)c2)sc2cc(C)c(C)cc21. The van der Waals surface area contributed by atoms with Crippen LogP contribution in [-0.2, 0) is 17.8 Å². The van der Waals surface area contributed by atoms with Crippen LogP contribution in [0.4, 0.5) is 0 Å². The van der Waals surface area contributed by atoms with Gasteiger partial charge in [0.1, 0.15) is 0 Å². The molecule has 5 heteroatoms. The topological polar surface area (TPSA) is 34.4 Å². The van der Waals surface area contributed by atoms with Crippen LogP contribution in [0.5, 0.6) is 0 Å². The van der Waals surface area contributed by atoms with Gasteiger partial charge in [-0.15, -0.1) is 0 Å². The smallest absolute Gasteiger partial charge is 0.252 e. The number of fused-ring (bicyclic) bond motifs is 1. The largest absolute Gasteiger partial charge is 0.316 e. The van der Waals surface area contributed by atoms with Gasteiger partial charge < -0.3 is 4.57 Å². The standard InChI is InChI=1S/C22H26N2OS2/c1-14-6-7-18(10-15(14)2)13-21(25)23-22-24(8-9-26-5)19-11-16(3)17(4)12-20(19)27-22/h6-7,10-12H,8-9,13H2,1-5H3. The Kier molecular flexibility index (Phi) is 6.22. The molecular formula is C22H26N2OS2. The lowest BCUT2D eigenvalue weighted by molar-refractivity contribution is -0.117. The fraction of sp³-hybridized carbons (Fsp3) is 0.364. The van der Waals surface area contributed by atoms with E-state index < -0.39 is 0 Å². The normalized spacial score (nSPS) is 12.1. The second kappa shape index (κ2) is 8.44. The summed E-state index contributed by atoms with van der Waals surface area (Å²) in [5.41, 5.74) is 7.20. The third-order valence-electron chi connectivity index (χ3n) is 4.96. The van der Waals surface area contributed by atoms with Gasteiger partial charge >= 0.3 is 0 Å². The molecule has 1 heterocycles. The zero-order valence-corrected chi connectivity index (χ0v) is 18.3. The quantitative estimate of drug-likeness (QED) is 0.608. The summed E-state index contributed by atoms with van der Waals surface area (Å²) in [6.45, 7) is 9.28. The van der Waals surface area contributed by atoms with Crippen molar-refractivity contribution in [3.8, 4) is 0 Å². The number of benzene rings is 2. The summed E-state index contributed by atoms with van der Waals surface area (Å²) in [6, 6.07) is 10.6. The predicted octanol–water partition coefficient (Wildman–Crippen LogP) is 4.97. The minimum absolute atomic E-state index is 0.0869. The van der Waals surface area contributed by atoms with Gasteiger partial charge in [-0.1, -0.05) is 29.5 Å². The van der Waals surface area contributed by atoms with Crippen molar-refractivity contribution < 1.29 is 4.79 Å². The van der Waals surface area contributed by atoms with Crippen molar-refractivity contribution in [3.63, 3.8) is 0 Å². The van der Waals surface area contributed by atoms with Crippen molar-refractivity contribution in [1.29, 1.82) is 0 Å². The van der Waals surface area contributed by atoms with Crippen molar-refractivity contribution in [3.05, 3.63) is 63.0 Å². The van der Waals surface area contributed by atoms with Gasteiger partial charge in [0.2, 0.25) is 0 Å². The molecule has 0 N–H and O–H groups in total. The number of hydrogen-bond donors (Lipinski definition) is 0. The minimum Gasteiger partial charge on any atom is -0.316 e. The number of amides is 1. The van der Waals surface area contributed by atoms with Gasteiger partial charge in [-0.2, -0.15) is 16.8 Å². The maximum atomic E-state index is 12.6. The van der Waals surface area contributed by atoms with E-state index in [1.165, 1.54) is 32.5 Å². The van der Waals surface area contributed by atoms with E-state index in [2.05, 4.69) is 67.8 Å². The van der Waals surface area contributed by atoms with Crippen molar-refractivity contribution >= 4 is 39.2 Å². The van der Waals surface area contributed by atoms with Crippen LogP contribution in [0.2, 0.25) is 0 Å². The highest BCUT2D eigenvalue weighted by molar-refractivity contribution is 7.98. The molecule has 0 bridgehead atoms. The molecule has 0 aliphatic heterocycles. The van der Waals surface area contributed by atoms with Gasteiger partial charge in [-0.25, -0.2) is 0 Å². The van der Waals surface area contributed by atoms with E-state index in [9.17, 15) is 4.79 Å². The molecule has 2 aromatic carbocycles. The van der Waals surface area contributed by atoms with E-state index in [4.69, 9.17) is 0 Å². The lowest BCUT2D eigenvalue weighted by atomic mass is 10.0. The number of rotatable bonds is 5. The molecule has 1 amide bonds. The molecule has 0 spiro atoms. The lowest BCUT2D eigenvalue weighted by Gasteiger charge is -2.06. The molecule has 3 aromatic rings. The van der Waals surface area contributed by atoms with E-state index in [1.54, 1.807) is 23.1 Å². The Morgan fingerprint density at radius 3 is 2.44 bits per heavy atom. The molecule has 0 saturated heterocycles. The first-order chi connectivity index (χ1) is 12.9. The van der Waals surface area contributed by atoms with E-state index in [1.807, 2.05) is 6.07 Å². The molecule has 1 aromatic heterocycles. The number of aryl methyl sites for hydroxylation is 5. The molecule has 0 atom stereocenters. The van der Waals surface area contributed by atoms with E-state index in [-0.39, 0.29) is 5.91 Å². The van der Waals surface area contributed by atoms with Crippen LogP contribution < -0.4 is 4.80 Å². The van der Waals surface area contributed by atoms with Gasteiger partial charge in [0.15, 0.2) is 4.80 Å². The average Bonchev–Trinajstić information content (AvgIpc) is 2.92. The average molecular weight is 399 g/mol. The second-order valence-electron chi connectivity index (χ2n) is 7.03. The maximum absolute atomic E-state index is 12.6. The first-order valence-electron chi connectivity index (χ1n) is 9.12. The van der Waals surface area contributed by atoms with E-state index in [0.717, 1.165) is 22.7 Å². The van der Waals surface area contributed by atoms with Crippen molar-refractivity contribution in [2.75, 3.05) is 12.0 Å². The number of hydrogen-bond acceptors (Lipinski definition) is 3. The van der Waals surface area contributed by atoms with Crippen molar-refractivity contribution in [1.82, 2.24) is 4.57 Å². The Labute approximate surface area is 169 Å². The maximum Gasteiger partial charge on any atom is 0.252 e. The number of thiazole rings is 1. The molecule has 0 saturated carbocycles. The number of carbonyl (C=O) groups excluding carboxylic acids is 1. The molecule has 0 fully saturated rings. The van der Waals surface area contributed by atoms with Crippen LogP contribution in [0.1, 0.15) is 27.8 Å². The highest BCUT2D eigenvalue weighted by atomic mass is 32.2. The first-order valence-corrected chi connectivity index (χ1v) is 11.3. The van der Waals surface area contributed by atoms with Crippen molar-refractivity contribution in [2.24, 2.45) is 4.99 Å². The Morgan fingerprint density at radius 2 is 1.74 bits per heavy atom. The van der Waals surface area contributed by atoms with Crippen LogP contribution in [0, 0.1) is 27.7 Å². The summed E-state index contributed by atoms with van der Waals surface area (Å²) >= 11 is 3.41. The summed E-state index contributed by atoms with van der Waals surface area (Å²) in [4.78, 5) is 17.9. The third kappa shape index (κ3) is 4.53. The van der Waals surface area contributed by atoms with Gasteiger partial charge in [-0.3, -0.25) is 4.79 Å². The summed E-state index contributed by atoms with van der Waals surface area (Å²) in [5.74, 6) is 0.910. The number of carbonyl (C=O) groups is 1. The number of nitrogens with zero attached hydrogens (tertiary/aromatic N) is 2. The molecule has 0 unspecified atom stereocenters. The van der Waals surface area contributed by atoms with E-state index in [0.29, 0.717) is 6.42 Å². The second-order valence-corrected chi connectivity index (χ2v) is 9.03. The molecular weight excluding hydrogens is 372 g/mol. The zero-order chi connectivity index (χ0) is 19.6. The highest BCUT2D eigenvalue weighted by Crippen LogP contribution is 2.22. The molecule has 0 radical (unpaired) electrons. The van der Waals surface area contributed by atoms with Gasteiger partial charge in [0, 0.05) is 12.3 Å². The third-order valence-corrected chi connectivity index (χ3v) is 6.60. The lowest BCUT2D eigenvalue weighted by Crippen LogP contribution is -2.18. The van der Waals surface area contributed by atoms with Crippen LogP contribution in [0.15, 0.2) is 35.3 Å². The Bertz CT molecular complexity index is 1060. The monoisotopic (exact) mass is 398 g/mol. The van der Waals surface area contributed by atoms with Gasteiger partial charge in [0.25, 0.3) is 5.91 Å². The van der Waals surface area contributed by atoms with E-state index >= 15 is 0 Å². The summed E-state index contributed by atoms with van der Waals surface area (Å²) < 4.78 is 3.39. The molecule has 3 rings (SSSR count). The first kappa shape index (κ1) is 19.9. The summed E-state index contributed by atoms with van der Waals surface area (Å²) in [6.07, 6.45) is 2.45. The molecule has 27 heavy (non-hydrogen) atoms. The Hall–Kier alpha value is -1.85. The summed E-state index contributed by atoms with van der Waals surface area (Å²) in [7, 11) is 0. The van der Waals surface area contributed by atoms with Crippen LogP contribution >= 0.6 is 23.1 Å². The van der Waals surface area contributed by atoms with Crippen LogP contribution in [0.25, 0.3) is 10.2 Å². The predicted molar refractivity (Wildman–Crippen MR) is 118 cm³/mol. The van der Waals surface area contributed by atoms with Crippen molar-refractivity contribution in [2.45, 2.75) is 40.7 Å². The van der Waals surface area contributed by atoms with Gasteiger partial charge in [0.05, 0.1) is 16.6 Å². The zero-order valence-electron chi connectivity index (χ0n) is 16.6. The minimum atomic E-state index is -0.0869. The summed E-state index contributed by atoms with van der Waals surface area (Å²) in [5, 5.41) is 0. The number of aromatic nitrogens is 1. The highest BCUT2D eigenvalue weighted by Gasteiger charge is 2.10. The molecule has 0 aliphatic carbocycles. The molecule has 142 valence electrons. The fourth-order valence-corrected chi connectivity index (χ4v) is 4.56. The molecule has 0 aliphatic rings. The van der Waals surface area contributed by atoms with Crippen LogP contribution in [-0.4, -0.2) is 22.5 Å².